The summed E-state index contributed by atoms with van der Waals surface area (Å²) >= 11 is 6.66. The number of benzene rings is 1. The van der Waals surface area contributed by atoms with Crippen LogP contribution in [0.2, 0.25) is 5.02 Å². The number of methoxy groups -OCH3 is 1. The Kier molecular flexibility index (Phi) is 5.72. The highest BCUT2D eigenvalue weighted by Gasteiger charge is 2.38. The zero-order chi connectivity index (χ0) is 23.3. The van der Waals surface area contributed by atoms with Crippen LogP contribution in [-0.2, 0) is 4.79 Å². The maximum absolute atomic E-state index is 11.3. The first-order valence-corrected chi connectivity index (χ1v) is 10.8. The summed E-state index contributed by atoms with van der Waals surface area (Å²) < 4.78 is 7.72. The van der Waals surface area contributed by atoms with Crippen molar-refractivity contribution in [2.75, 3.05) is 25.9 Å². The number of nitrogen functional groups attached to an aromatic ring is 1. The number of aryl methyl sites for hydroxylation is 1. The molecule has 0 amide bonds. The highest BCUT2D eigenvalue weighted by atomic mass is 35.5. The van der Waals surface area contributed by atoms with Gasteiger partial charge in [-0.15, -0.1) is 0 Å². The Morgan fingerprint density at radius 1 is 1.31 bits per heavy atom. The Morgan fingerprint density at radius 3 is 2.62 bits per heavy atom. The number of aromatic nitrogens is 4. The van der Waals surface area contributed by atoms with Crippen LogP contribution in [0.3, 0.4) is 0 Å². The van der Waals surface area contributed by atoms with E-state index >= 15 is 0 Å². The zero-order valence-electron chi connectivity index (χ0n) is 18.8. The van der Waals surface area contributed by atoms with Gasteiger partial charge in [0.25, 0.3) is 0 Å². The van der Waals surface area contributed by atoms with Gasteiger partial charge in [-0.2, -0.15) is 5.10 Å². The van der Waals surface area contributed by atoms with Gasteiger partial charge in [0, 0.05) is 35.2 Å². The van der Waals surface area contributed by atoms with E-state index < -0.39 is 12.0 Å². The SMILES string of the molecule is COc1c(C(C)n2nc(C)c3c(N)ncnc32)cc(Cl)c(C)c1C1CN(C(C)C(=O)O)C1. The first kappa shape index (κ1) is 22.3. The van der Waals surface area contributed by atoms with E-state index in [1.807, 2.05) is 36.4 Å². The first-order chi connectivity index (χ1) is 15.1. The highest BCUT2D eigenvalue weighted by Crippen LogP contribution is 2.44. The number of ether oxygens (including phenoxy) is 1. The van der Waals surface area contributed by atoms with Crippen molar-refractivity contribution < 1.29 is 14.6 Å². The first-order valence-electron chi connectivity index (χ1n) is 10.4. The minimum absolute atomic E-state index is 0.130. The van der Waals surface area contributed by atoms with Crippen LogP contribution in [0.1, 0.15) is 48.2 Å². The van der Waals surface area contributed by atoms with Gasteiger partial charge in [-0.3, -0.25) is 9.69 Å². The molecular weight excluding hydrogens is 432 g/mol. The van der Waals surface area contributed by atoms with Crippen molar-refractivity contribution in [1.82, 2.24) is 24.6 Å². The lowest BCUT2D eigenvalue weighted by atomic mass is 9.84. The van der Waals surface area contributed by atoms with Crippen molar-refractivity contribution in [2.45, 2.75) is 45.7 Å². The summed E-state index contributed by atoms with van der Waals surface area (Å²) in [7, 11) is 1.64. The molecule has 0 bridgehead atoms. The molecule has 1 aliphatic rings. The number of carboxylic acid groups (broad SMARTS) is 1. The fraction of sp³-hybridized carbons (Fsp3) is 0.455. The fourth-order valence-corrected chi connectivity index (χ4v) is 4.75. The molecule has 4 rings (SSSR count). The topological polar surface area (TPSA) is 119 Å². The van der Waals surface area contributed by atoms with Gasteiger partial charge in [0.2, 0.25) is 0 Å². The van der Waals surface area contributed by atoms with E-state index in [1.165, 1.54) is 6.33 Å². The standard InChI is InChI=1S/C22H27ClN6O3/c1-10-16(23)6-15(12(3)29-21-18(11(2)27-29)20(24)25-9-26-21)19(32-5)17(10)14-7-28(8-14)13(4)22(30)31/h6,9,12-14H,7-8H2,1-5H3,(H,30,31)(H2,24,25,26). The second kappa shape index (κ2) is 8.22. The van der Waals surface area contributed by atoms with Gasteiger partial charge in [-0.05, 0) is 39.3 Å². The van der Waals surface area contributed by atoms with E-state index in [2.05, 4.69) is 15.1 Å². The Morgan fingerprint density at radius 2 is 2.00 bits per heavy atom. The zero-order valence-corrected chi connectivity index (χ0v) is 19.5. The molecule has 3 N–H and O–H groups in total. The third kappa shape index (κ3) is 3.45. The summed E-state index contributed by atoms with van der Waals surface area (Å²) in [5, 5.41) is 15.4. The van der Waals surface area contributed by atoms with Gasteiger partial charge >= 0.3 is 5.97 Å². The number of aliphatic carboxylic acids is 1. The lowest BCUT2D eigenvalue weighted by molar-refractivity contribution is -0.144. The molecule has 0 aliphatic carbocycles. The Bertz CT molecular complexity index is 1200. The van der Waals surface area contributed by atoms with Crippen molar-refractivity contribution in [3.05, 3.63) is 39.8 Å². The number of fused-ring (bicyclic) bond motifs is 1. The van der Waals surface area contributed by atoms with Crippen LogP contribution < -0.4 is 10.5 Å². The molecule has 1 aliphatic heterocycles. The molecule has 1 saturated heterocycles. The number of nitrogens with zero attached hydrogens (tertiary/aromatic N) is 5. The Labute approximate surface area is 191 Å². The summed E-state index contributed by atoms with van der Waals surface area (Å²) in [6.45, 7) is 8.82. The van der Waals surface area contributed by atoms with Gasteiger partial charge in [-0.1, -0.05) is 11.6 Å². The molecule has 0 radical (unpaired) electrons. The maximum Gasteiger partial charge on any atom is 0.320 e. The summed E-state index contributed by atoms with van der Waals surface area (Å²) in [5.41, 5.74) is 10.3. The number of nitrogens with two attached hydrogens (primary N) is 1. The van der Waals surface area contributed by atoms with Crippen LogP contribution in [0.25, 0.3) is 11.0 Å². The van der Waals surface area contributed by atoms with Crippen molar-refractivity contribution >= 4 is 34.4 Å². The normalized spacial score (nSPS) is 16.7. The summed E-state index contributed by atoms with van der Waals surface area (Å²) in [6.07, 6.45) is 1.43. The van der Waals surface area contributed by atoms with E-state index in [9.17, 15) is 9.90 Å². The van der Waals surface area contributed by atoms with Crippen molar-refractivity contribution in [1.29, 1.82) is 0 Å². The minimum Gasteiger partial charge on any atom is -0.496 e. The molecule has 3 heterocycles. The Hall–Kier alpha value is -2.91. The Balaban J connectivity index is 1.78. The monoisotopic (exact) mass is 458 g/mol. The van der Waals surface area contributed by atoms with E-state index in [0.717, 1.165) is 33.5 Å². The van der Waals surface area contributed by atoms with Gasteiger partial charge < -0.3 is 15.6 Å². The number of likely N-dealkylation sites (tertiary alicyclic amines) is 1. The predicted octanol–water partition coefficient (Wildman–Crippen LogP) is 3.17. The lowest BCUT2D eigenvalue weighted by Crippen LogP contribution is -2.52. The summed E-state index contributed by atoms with van der Waals surface area (Å²) in [5.74, 6) is 0.443. The average Bonchev–Trinajstić information content (AvgIpc) is 3.06. The number of carbonyl (C=O) groups is 1. The minimum atomic E-state index is -0.824. The lowest BCUT2D eigenvalue weighted by Gasteiger charge is -2.43. The second-order valence-corrected chi connectivity index (χ2v) is 8.76. The number of halogens is 1. The van der Waals surface area contributed by atoms with E-state index in [-0.39, 0.29) is 12.0 Å². The van der Waals surface area contributed by atoms with Crippen LogP contribution in [-0.4, -0.2) is 62.0 Å². The molecule has 1 fully saturated rings. The molecule has 0 saturated carbocycles. The smallest absolute Gasteiger partial charge is 0.320 e. The molecule has 2 atom stereocenters. The number of rotatable bonds is 6. The molecule has 170 valence electrons. The average molecular weight is 459 g/mol. The van der Waals surface area contributed by atoms with Gasteiger partial charge in [0.1, 0.15) is 23.9 Å². The third-order valence-corrected chi connectivity index (χ3v) is 6.88. The van der Waals surface area contributed by atoms with Crippen LogP contribution in [0.15, 0.2) is 12.4 Å². The maximum atomic E-state index is 11.3. The molecule has 2 unspecified atom stereocenters. The molecule has 10 heteroatoms. The molecule has 1 aromatic carbocycles. The fourth-order valence-electron chi connectivity index (χ4n) is 4.53. The number of anilines is 1. The molecular formula is C22H27ClN6O3. The van der Waals surface area contributed by atoms with Crippen LogP contribution in [0, 0.1) is 13.8 Å². The molecule has 2 aromatic heterocycles. The number of hydrogen-bond acceptors (Lipinski definition) is 7. The van der Waals surface area contributed by atoms with Gasteiger partial charge in [-0.25, -0.2) is 14.6 Å². The quantitative estimate of drug-likeness (QED) is 0.578. The van der Waals surface area contributed by atoms with Crippen LogP contribution in [0.5, 0.6) is 5.75 Å². The largest absolute Gasteiger partial charge is 0.496 e. The second-order valence-electron chi connectivity index (χ2n) is 8.35. The van der Waals surface area contributed by atoms with E-state index in [1.54, 1.807) is 14.0 Å². The number of carboxylic acids is 1. The summed E-state index contributed by atoms with van der Waals surface area (Å²) in [6, 6.07) is 1.15. The number of hydrogen-bond donors (Lipinski definition) is 2. The van der Waals surface area contributed by atoms with Gasteiger partial charge in [0.05, 0.1) is 24.2 Å². The molecule has 3 aromatic rings. The molecule has 32 heavy (non-hydrogen) atoms. The van der Waals surface area contributed by atoms with E-state index in [0.29, 0.717) is 29.6 Å². The third-order valence-electron chi connectivity index (χ3n) is 6.49. The van der Waals surface area contributed by atoms with Gasteiger partial charge in [0.15, 0.2) is 5.65 Å². The summed E-state index contributed by atoms with van der Waals surface area (Å²) in [4.78, 5) is 21.8. The van der Waals surface area contributed by atoms with Crippen LogP contribution >= 0.6 is 11.6 Å². The van der Waals surface area contributed by atoms with Crippen molar-refractivity contribution in [2.24, 2.45) is 0 Å². The predicted molar refractivity (Wildman–Crippen MR) is 122 cm³/mol. The van der Waals surface area contributed by atoms with Crippen molar-refractivity contribution in [3.8, 4) is 5.75 Å². The van der Waals surface area contributed by atoms with E-state index in [4.69, 9.17) is 22.1 Å². The van der Waals surface area contributed by atoms with Crippen molar-refractivity contribution in [3.63, 3.8) is 0 Å². The molecule has 9 nitrogen and oxygen atoms in total. The highest BCUT2D eigenvalue weighted by molar-refractivity contribution is 6.31. The molecule has 0 spiro atoms. The van der Waals surface area contributed by atoms with Crippen LogP contribution in [0.4, 0.5) is 5.82 Å².